The molecule has 6 nitrogen and oxygen atoms in total. The van der Waals surface area contributed by atoms with Gasteiger partial charge < -0.3 is 4.42 Å². The number of furan rings is 1. The first-order chi connectivity index (χ1) is 8.62. The van der Waals surface area contributed by atoms with Crippen LogP contribution in [0.1, 0.15) is 35.2 Å². The first-order valence-corrected chi connectivity index (χ1v) is 5.81. The Balaban J connectivity index is 2.73. The van der Waals surface area contributed by atoms with Gasteiger partial charge in [-0.1, -0.05) is 6.92 Å². The summed E-state index contributed by atoms with van der Waals surface area (Å²) in [5, 5.41) is 8.56. The highest BCUT2D eigenvalue weighted by atomic mass is 16.4. The molecule has 0 radical (unpaired) electrons. The standard InChI is InChI=1S/C12H18N4O2/c1-3-16(6-4-5-13)8-10-7-9(2)11(18-10)12(17)15-14/h7H,3-4,6,8,14H2,1-2H3,(H,15,17). The molecule has 0 aliphatic heterocycles. The maximum Gasteiger partial charge on any atom is 0.301 e. The molecule has 18 heavy (non-hydrogen) atoms. The maximum absolute atomic E-state index is 11.4. The lowest BCUT2D eigenvalue weighted by atomic mass is 10.2. The van der Waals surface area contributed by atoms with Crippen LogP contribution in [0.4, 0.5) is 0 Å². The number of amides is 1. The van der Waals surface area contributed by atoms with Crippen LogP contribution in [0.15, 0.2) is 10.5 Å². The summed E-state index contributed by atoms with van der Waals surface area (Å²) >= 11 is 0. The van der Waals surface area contributed by atoms with E-state index in [1.807, 2.05) is 18.4 Å². The molecule has 0 aromatic carbocycles. The molecular formula is C12H18N4O2. The third-order valence-electron chi connectivity index (χ3n) is 2.67. The number of carbonyl (C=O) groups is 1. The number of nitrogens with zero attached hydrogens (tertiary/aromatic N) is 2. The summed E-state index contributed by atoms with van der Waals surface area (Å²) in [4.78, 5) is 13.5. The number of nitrogen functional groups attached to an aromatic ring is 1. The molecule has 0 spiro atoms. The summed E-state index contributed by atoms with van der Waals surface area (Å²) in [7, 11) is 0. The third-order valence-corrected chi connectivity index (χ3v) is 2.67. The molecule has 1 rings (SSSR count). The van der Waals surface area contributed by atoms with Crippen LogP contribution in [0.2, 0.25) is 0 Å². The van der Waals surface area contributed by atoms with Crippen LogP contribution in [0, 0.1) is 18.3 Å². The molecule has 0 aliphatic carbocycles. The Labute approximate surface area is 106 Å². The Morgan fingerprint density at radius 3 is 2.94 bits per heavy atom. The van der Waals surface area contributed by atoms with E-state index in [2.05, 4.69) is 11.0 Å². The second-order valence-electron chi connectivity index (χ2n) is 3.98. The highest BCUT2D eigenvalue weighted by Gasteiger charge is 2.15. The van der Waals surface area contributed by atoms with E-state index in [0.29, 0.717) is 25.3 Å². The van der Waals surface area contributed by atoms with E-state index < -0.39 is 5.91 Å². The number of aryl methyl sites for hydroxylation is 1. The summed E-state index contributed by atoms with van der Waals surface area (Å²) in [5.74, 6) is 5.58. The van der Waals surface area contributed by atoms with E-state index in [9.17, 15) is 4.79 Å². The Bertz CT molecular complexity index is 447. The minimum Gasteiger partial charge on any atom is -0.454 e. The second-order valence-corrected chi connectivity index (χ2v) is 3.98. The molecule has 6 heteroatoms. The lowest BCUT2D eigenvalue weighted by molar-refractivity contribution is 0.0921. The number of nitriles is 1. The van der Waals surface area contributed by atoms with Crippen LogP contribution in [-0.4, -0.2) is 23.9 Å². The molecule has 98 valence electrons. The summed E-state index contributed by atoms with van der Waals surface area (Å²) < 4.78 is 5.46. The van der Waals surface area contributed by atoms with E-state index in [-0.39, 0.29) is 5.76 Å². The predicted octanol–water partition coefficient (Wildman–Crippen LogP) is 0.927. The average Bonchev–Trinajstić information content (AvgIpc) is 2.74. The maximum atomic E-state index is 11.4. The van der Waals surface area contributed by atoms with Crippen LogP contribution >= 0.6 is 0 Å². The van der Waals surface area contributed by atoms with E-state index in [1.165, 1.54) is 0 Å². The zero-order chi connectivity index (χ0) is 13.5. The summed E-state index contributed by atoms with van der Waals surface area (Å²) in [5.41, 5.74) is 2.80. The van der Waals surface area contributed by atoms with E-state index in [4.69, 9.17) is 15.5 Å². The van der Waals surface area contributed by atoms with Crippen molar-refractivity contribution in [2.75, 3.05) is 13.1 Å². The van der Waals surface area contributed by atoms with Gasteiger partial charge in [-0.2, -0.15) is 5.26 Å². The van der Waals surface area contributed by atoms with Gasteiger partial charge in [0.25, 0.3) is 0 Å². The average molecular weight is 250 g/mol. The number of hydrogen-bond acceptors (Lipinski definition) is 5. The number of hydrogen-bond donors (Lipinski definition) is 2. The van der Waals surface area contributed by atoms with E-state index in [1.54, 1.807) is 6.92 Å². The first-order valence-electron chi connectivity index (χ1n) is 5.81. The van der Waals surface area contributed by atoms with Gasteiger partial charge in [0.1, 0.15) is 5.76 Å². The Morgan fingerprint density at radius 1 is 1.67 bits per heavy atom. The minimum atomic E-state index is -0.432. The Kier molecular flexibility index (Phi) is 5.36. The van der Waals surface area contributed by atoms with Gasteiger partial charge in [0.2, 0.25) is 0 Å². The molecule has 1 amide bonds. The van der Waals surface area contributed by atoms with Gasteiger partial charge in [-0.3, -0.25) is 15.1 Å². The molecule has 0 unspecified atom stereocenters. The second kappa shape index (κ2) is 6.79. The van der Waals surface area contributed by atoms with Crippen LogP contribution < -0.4 is 11.3 Å². The molecule has 0 saturated heterocycles. The van der Waals surface area contributed by atoms with Crippen molar-refractivity contribution in [2.24, 2.45) is 5.84 Å². The molecule has 0 fully saturated rings. The van der Waals surface area contributed by atoms with Gasteiger partial charge in [0, 0.05) is 18.5 Å². The van der Waals surface area contributed by atoms with Crippen molar-refractivity contribution >= 4 is 5.91 Å². The molecule has 0 atom stereocenters. The molecular weight excluding hydrogens is 232 g/mol. The van der Waals surface area contributed by atoms with Gasteiger partial charge >= 0.3 is 5.91 Å². The molecule has 0 aliphatic rings. The van der Waals surface area contributed by atoms with Crippen LogP contribution in [0.3, 0.4) is 0 Å². The van der Waals surface area contributed by atoms with Crippen molar-refractivity contribution in [1.82, 2.24) is 10.3 Å². The van der Waals surface area contributed by atoms with Crippen molar-refractivity contribution in [3.8, 4) is 6.07 Å². The van der Waals surface area contributed by atoms with Crippen LogP contribution in [-0.2, 0) is 6.54 Å². The molecule has 1 heterocycles. The number of rotatable bonds is 6. The number of carbonyl (C=O) groups excluding carboxylic acids is 1. The van der Waals surface area contributed by atoms with Gasteiger partial charge in [-0.05, 0) is 19.5 Å². The Hall–Kier alpha value is -1.84. The van der Waals surface area contributed by atoms with Crippen LogP contribution in [0.5, 0.6) is 0 Å². The zero-order valence-electron chi connectivity index (χ0n) is 10.7. The molecule has 1 aromatic heterocycles. The highest BCUT2D eigenvalue weighted by molar-refractivity contribution is 5.92. The van der Waals surface area contributed by atoms with E-state index >= 15 is 0 Å². The van der Waals surface area contributed by atoms with Gasteiger partial charge in [-0.15, -0.1) is 0 Å². The van der Waals surface area contributed by atoms with Crippen LogP contribution in [0.25, 0.3) is 0 Å². The van der Waals surface area contributed by atoms with Crippen molar-refractivity contribution in [3.05, 3.63) is 23.2 Å². The fourth-order valence-electron chi connectivity index (χ4n) is 1.69. The van der Waals surface area contributed by atoms with Crippen molar-refractivity contribution in [3.63, 3.8) is 0 Å². The summed E-state index contributed by atoms with van der Waals surface area (Å²) in [6, 6.07) is 3.93. The molecule has 1 aromatic rings. The summed E-state index contributed by atoms with van der Waals surface area (Å²) in [6.45, 7) is 5.89. The lowest BCUT2D eigenvalue weighted by Gasteiger charge is -2.16. The Morgan fingerprint density at radius 2 is 2.39 bits per heavy atom. The SMILES string of the molecule is CCN(CCC#N)Cc1cc(C)c(C(=O)NN)o1. The molecule has 0 saturated carbocycles. The lowest BCUT2D eigenvalue weighted by Crippen LogP contribution is -2.30. The quantitative estimate of drug-likeness (QED) is 0.445. The fourth-order valence-corrected chi connectivity index (χ4v) is 1.69. The summed E-state index contributed by atoms with van der Waals surface area (Å²) in [6.07, 6.45) is 0.476. The predicted molar refractivity (Wildman–Crippen MR) is 66.3 cm³/mol. The molecule has 0 bridgehead atoms. The van der Waals surface area contributed by atoms with Gasteiger partial charge in [0.05, 0.1) is 12.6 Å². The van der Waals surface area contributed by atoms with Crippen molar-refractivity contribution in [1.29, 1.82) is 5.26 Å². The third kappa shape index (κ3) is 3.58. The highest BCUT2D eigenvalue weighted by Crippen LogP contribution is 2.16. The van der Waals surface area contributed by atoms with Gasteiger partial charge in [0.15, 0.2) is 5.76 Å². The topological polar surface area (TPSA) is 95.3 Å². The van der Waals surface area contributed by atoms with Crippen molar-refractivity contribution < 1.29 is 9.21 Å². The minimum absolute atomic E-state index is 0.240. The molecule has 3 N–H and O–H groups in total. The largest absolute Gasteiger partial charge is 0.454 e. The van der Waals surface area contributed by atoms with Gasteiger partial charge in [-0.25, -0.2) is 5.84 Å². The fraction of sp³-hybridized carbons (Fsp3) is 0.500. The number of nitrogens with one attached hydrogen (secondary N) is 1. The normalized spacial score (nSPS) is 10.4. The van der Waals surface area contributed by atoms with Crippen molar-refractivity contribution in [2.45, 2.75) is 26.8 Å². The van der Waals surface area contributed by atoms with E-state index in [0.717, 1.165) is 12.1 Å². The number of nitrogens with two attached hydrogens (primary N) is 1. The number of hydrazine groups is 1. The smallest absolute Gasteiger partial charge is 0.301 e. The monoisotopic (exact) mass is 250 g/mol. The zero-order valence-corrected chi connectivity index (χ0v) is 10.7. The first kappa shape index (κ1) is 14.2.